The van der Waals surface area contributed by atoms with Gasteiger partial charge in [0, 0.05) is 32.6 Å². The summed E-state index contributed by atoms with van der Waals surface area (Å²) in [5.41, 5.74) is 1.77. The maximum atomic E-state index is 12.9. The number of carbonyl (C=O) groups excluding carboxylic acids is 2. The van der Waals surface area contributed by atoms with Gasteiger partial charge in [-0.1, -0.05) is 42.4 Å². The lowest BCUT2D eigenvalue weighted by atomic mass is 10.0. The van der Waals surface area contributed by atoms with Gasteiger partial charge in [-0.2, -0.15) is 0 Å². The molecule has 1 saturated heterocycles. The minimum atomic E-state index is -0.188. The highest BCUT2D eigenvalue weighted by Crippen LogP contribution is 2.27. The third kappa shape index (κ3) is 3.18. The quantitative estimate of drug-likeness (QED) is 0.867. The van der Waals surface area contributed by atoms with Gasteiger partial charge in [-0.25, -0.2) is 0 Å². The van der Waals surface area contributed by atoms with Crippen LogP contribution in [-0.4, -0.2) is 46.4 Å². The Kier molecular flexibility index (Phi) is 4.64. The van der Waals surface area contributed by atoms with Crippen LogP contribution in [0.5, 0.6) is 0 Å². The number of benzene rings is 1. The van der Waals surface area contributed by atoms with Gasteiger partial charge in [-0.15, -0.1) is 0 Å². The lowest BCUT2D eigenvalue weighted by Crippen LogP contribution is -2.51. The zero-order valence-corrected chi connectivity index (χ0v) is 13.9. The number of rotatable bonds is 3. The van der Waals surface area contributed by atoms with E-state index >= 15 is 0 Å². The minimum absolute atomic E-state index is 0.0240. The standard InChI is InChI=1S/C18H21N3O3/c1-3-15-11-17(24-19-15)18(23)21-10-9-20(13(2)22)12-16(21)14-7-5-4-6-8-14/h4-8,11,16H,3,9-10,12H2,1-2H3/t16-/m0/s1. The first-order valence-corrected chi connectivity index (χ1v) is 8.17. The SMILES string of the molecule is CCc1cc(C(=O)N2CCN(C(C)=O)C[C@H]2c2ccccc2)on1. The molecule has 0 unspecified atom stereocenters. The molecule has 1 aromatic heterocycles. The number of aromatic nitrogens is 1. The Morgan fingerprint density at radius 3 is 2.62 bits per heavy atom. The van der Waals surface area contributed by atoms with Gasteiger partial charge in [0.2, 0.25) is 11.7 Å². The van der Waals surface area contributed by atoms with Crippen LogP contribution >= 0.6 is 0 Å². The predicted molar refractivity (Wildman–Crippen MR) is 88.4 cm³/mol. The second kappa shape index (κ2) is 6.86. The van der Waals surface area contributed by atoms with Crippen LogP contribution in [0.25, 0.3) is 0 Å². The van der Waals surface area contributed by atoms with Crippen LogP contribution in [0.15, 0.2) is 40.9 Å². The van der Waals surface area contributed by atoms with E-state index in [1.54, 1.807) is 22.8 Å². The van der Waals surface area contributed by atoms with Gasteiger partial charge in [-0.3, -0.25) is 9.59 Å². The van der Waals surface area contributed by atoms with Gasteiger partial charge in [-0.05, 0) is 12.0 Å². The molecule has 1 aliphatic rings. The molecular formula is C18H21N3O3. The van der Waals surface area contributed by atoms with Gasteiger partial charge in [0.05, 0.1) is 11.7 Å². The molecule has 0 aliphatic carbocycles. The molecule has 1 atom stereocenters. The number of piperazine rings is 1. The topological polar surface area (TPSA) is 66.7 Å². The predicted octanol–water partition coefficient (Wildman–Crippen LogP) is 2.28. The fourth-order valence-corrected chi connectivity index (χ4v) is 2.99. The summed E-state index contributed by atoms with van der Waals surface area (Å²) in [6.45, 7) is 5.01. The zero-order chi connectivity index (χ0) is 17.1. The van der Waals surface area contributed by atoms with E-state index in [0.29, 0.717) is 19.6 Å². The average Bonchev–Trinajstić information content (AvgIpc) is 3.10. The summed E-state index contributed by atoms with van der Waals surface area (Å²) in [6.07, 6.45) is 0.719. The Bertz CT molecular complexity index is 726. The summed E-state index contributed by atoms with van der Waals surface area (Å²) >= 11 is 0. The molecule has 0 spiro atoms. The fourth-order valence-electron chi connectivity index (χ4n) is 2.99. The summed E-state index contributed by atoms with van der Waals surface area (Å²) in [4.78, 5) is 28.2. The molecule has 2 amide bonds. The first kappa shape index (κ1) is 16.2. The molecule has 0 saturated carbocycles. The van der Waals surface area contributed by atoms with Crippen LogP contribution in [-0.2, 0) is 11.2 Å². The molecule has 24 heavy (non-hydrogen) atoms. The summed E-state index contributed by atoms with van der Waals surface area (Å²) in [5.74, 6) is 0.0966. The van der Waals surface area contributed by atoms with E-state index in [-0.39, 0.29) is 23.6 Å². The van der Waals surface area contributed by atoms with Crippen molar-refractivity contribution < 1.29 is 14.1 Å². The largest absolute Gasteiger partial charge is 0.351 e. The van der Waals surface area contributed by atoms with E-state index in [0.717, 1.165) is 17.7 Å². The molecule has 126 valence electrons. The van der Waals surface area contributed by atoms with Crippen molar-refractivity contribution in [2.24, 2.45) is 0 Å². The second-order valence-electron chi connectivity index (χ2n) is 5.93. The van der Waals surface area contributed by atoms with Crippen LogP contribution < -0.4 is 0 Å². The van der Waals surface area contributed by atoms with Crippen molar-refractivity contribution in [3.63, 3.8) is 0 Å². The average molecular weight is 327 g/mol. The van der Waals surface area contributed by atoms with Crippen molar-refractivity contribution in [2.45, 2.75) is 26.3 Å². The maximum absolute atomic E-state index is 12.9. The maximum Gasteiger partial charge on any atom is 0.293 e. The monoisotopic (exact) mass is 327 g/mol. The lowest BCUT2D eigenvalue weighted by molar-refractivity contribution is -0.131. The molecule has 1 fully saturated rings. The smallest absolute Gasteiger partial charge is 0.293 e. The van der Waals surface area contributed by atoms with E-state index in [4.69, 9.17) is 4.52 Å². The first-order valence-electron chi connectivity index (χ1n) is 8.17. The highest BCUT2D eigenvalue weighted by Gasteiger charge is 2.34. The van der Waals surface area contributed by atoms with Gasteiger partial charge < -0.3 is 14.3 Å². The van der Waals surface area contributed by atoms with E-state index < -0.39 is 0 Å². The summed E-state index contributed by atoms with van der Waals surface area (Å²) in [6, 6.07) is 11.3. The number of aryl methyl sites for hydroxylation is 1. The van der Waals surface area contributed by atoms with E-state index in [1.165, 1.54) is 0 Å². The van der Waals surface area contributed by atoms with Crippen molar-refractivity contribution in [3.8, 4) is 0 Å². The van der Waals surface area contributed by atoms with Crippen LogP contribution in [0, 0.1) is 0 Å². The zero-order valence-electron chi connectivity index (χ0n) is 13.9. The molecule has 6 heteroatoms. The summed E-state index contributed by atoms with van der Waals surface area (Å²) in [5, 5.41) is 3.90. The molecular weight excluding hydrogens is 306 g/mol. The van der Waals surface area contributed by atoms with Crippen LogP contribution in [0.1, 0.15) is 41.7 Å². The van der Waals surface area contributed by atoms with Crippen molar-refractivity contribution in [1.82, 2.24) is 15.0 Å². The van der Waals surface area contributed by atoms with Crippen LogP contribution in [0.4, 0.5) is 0 Å². The summed E-state index contributed by atoms with van der Waals surface area (Å²) in [7, 11) is 0. The number of hydrogen-bond acceptors (Lipinski definition) is 4. The van der Waals surface area contributed by atoms with Gasteiger partial charge in [0.25, 0.3) is 5.91 Å². The Hall–Kier alpha value is -2.63. The molecule has 1 aromatic carbocycles. The van der Waals surface area contributed by atoms with Gasteiger partial charge in [0.15, 0.2) is 0 Å². The van der Waals surface area contributed by atoms with Crippen LogP contribution in [0.2, 0.25) is 0 Å². The first-order chi connectivity index (χ1) is 11.6. The van der Waals surface area contributed by atoms with Crippen molar-refractivity contribution in [2.75, 3.05) is 19.6 Å². The van der Waals surface area contributed by atoms with Gasteiger partial charge in [0.1, 0.15) is 0 Å². The molecule has 6 nitrogen and oxygen atoms in total. The number of nitrogens with zero attached hydrogens (tertiary/aromatic N) is 3. The normalized spacial score (nSPS) is 17.8. The van der Waals surface area contributed by atoms with Gasteiger partial charge >= 0.3 is 0 Å². The van der Waals surface area contributed by atoms with E-state index in [9.17, 15) is 9.59 Å². The number of amides is 2. The van der Waals surface area contributed by atoms with Crippen LogP contribution in [0.3, 0.4) is 0 Å². The Balaban J connectivity index is 1.89. The molecule has 0 bridgehead atoms. The third-order valence-electron chi connectivity index (χ3n) is 4.40. The Morgan fingerprint density at radius 2 is 2.00 bits per heavy atom. The Morgan fingerprint density at radius 1 is 1.25 bits per heavy atom. The van der Waals surface area contributed by atoms with E-state index in [2.05, 4.69) is 5.16 Å². The fraction of sp³-hybridized carbons (Fsp3) is 0.389. The van der Waals surface area contributed by atoms with Crippen molar-refractivity contribution in [3.05, 3.63) is 53.4 Å². The summed E-state index contributed by atoms with van der Waals surface area (Å²) < 4.78 is 5.21. The highest BCUT2D eigenvalue weighted by molar-refractivity contribution is 5.92. The number of carbonyl (C=O) groups is 2. The minimum Gasteiger partial charge on any atom is -0.351 e. The third-order valence-corrected chi connectivity index (χ3v) is 4.40. The number of hydrogen-bond donors (Lipinski definition) is 0. The lowest BCUT2D eigenvalue weighted by Gasteiger charge is -2.41. The van der Waals surface area contributed by atoms with E-state index in [1.807, 2.05) is 37.3 Å². The molecule has 2 heterocycles. The second-order valence-corrected chi connectivity index (χ2v) is 5.93. The highest BCUT2D eigenvalue weighted by atomic mass is 16.5. The van der Waals surface area contributed by atoms with Crippen molar-refractivity contribution >= 4 is 11.8 Å². The molecule has 1 aliphatic heterocycles. The van der Waals surface area contributed by atoms with Crippen molar-refractivity contribution in [1.29, 1.82) is 0 Å². The molecule has 3 rings (SSSR count). The molecule has 0 radical (unpaired) electrons. The molecule has 2 aromatic rings. The Labute approximate surface area is 141 Å². The molecule has 0 N–H and O–H groups in total.